The fourth-order valence-electron chi connectivity index (χ4n) is 1.50. The SMILES string of the molecule is CCOC(=O)N(CCO)CCN(CCO)C(=O)OCC. The third kappa shape index (κ3) is 7.15. The smallest absolute Gasteiger partial charge is 0.409 e. The number of rotatable bonds is 9. The van der Waals surface area contributed by atoms with Crippen LogP contribution >= 0.6 is 0 Å². The number of carbonyl (C=O) groups excluding carboxylic acids is 2. The largest absolute Gasteiger partial charge is 0.450 e. The van der Waals surface area contributed by atoms with Gasteiger partial charge in [-0.2, -0.15) is 0 Å². The van der Waals surface area contributed by atoms with Crippen LogP contribution in [0.25, 0.3) is 0 Å². The predicted molar refractivity (Wildman–Crippen MR) is 71.4 cm³/mol. The van der Waals surface area contributed by atoms with E-state index in [4.69, 9.17) is 19.7 Å². The van der Waals surface area contributed by atoms with Crippen LogP contribution in [0.5, 0.6) is 0 Å². The summed E-state index contributed by atoms with van der Waals surface area (Å²) >= 11 is 0. The van der Waals surface area contributed by atoms with Crippen LogP contribution in [0.4, 0.5) is 9.59 Å². The Morgan fingerprint density at radius 2 is 1.15 bits per heavy atom. The van der Waals surface area contributed by atoms with E-state index in [1.165, 1.54) is 9.80 Å². The molecule has 0 radical (unpaired) electrons. The molecule has 0 bridgehead atoms. The Balaban J connectivity index is 4.45. The number of nitrogens with zero attached hydrogens (tertiary/aromatic N) is 2. The molecule has 0 atom stereocenters. The number of amides is 2. The second-order valence-electron chi connectivity index (χ2n) is 3.82. The molecular formula is C12H24N2O6. The number of hydrogen-bond acceptors (Lipinski definition) is 6. The standard InChI is InChI=1S/C12H24N2O6/c1-3-19-11(17)13(7-9-15)5-6-14(8-10-16)12(18)20-4-2/h15-16H,3-10H2,1-2H3. The van der Waals surface area contributed by atoms with Crippen LogP contribution in [-0.2, 0) is 9.47 Å². The number of hydrogen-bond donors (Lipinski definition) is 2. The summed E-state index contributed by atoms with van der Waals surface area (Å²) < 4.78 is 9.70. The minimum absolute atomic E-state index is 0.120. The van der Waals surface area contributed by atoms with Crippen molar-refractivity contribution in [2.75, 3.05) is 52.6 Å². The van der Waals surface area contributed by atoms with E-state index in [9.17, 15) is 9.59 Å². The molecule has 0 unspecified atom stereocenters. The van der Waals surface area contributed by atoms with Gasteiger partial charge in [0.15, 0.2) is 0 Å². The van der Waals surface area contributed by atoms with Gasteiger partial charge in [-0.25, -0.2) is 9.59 Å². The number of carbonyl (C=O) groups is 2. The normalized spacial score (nSPS) is 10.0. The van der Waals surface area contributed by atoms with E-state index in [-0.39, 0.29) is 52.6 Å². The van der Waals surface area contributed by atoms with Crippen molar-refractivity contribution >= 4 is 12.2 Å². The van der Waals surface area contributed by atoms with Crippen LogP contribution in [-0.4, -0.2) is 84.8 Å². The van der Waals surface area contributed by atoms with E-state index in [1.54, 1.807) is 13.8 Å². The van der Waals surface area contributed by atoms with Crippen molar-refractivity contribution in [2.24, 2.45) is 0 Å². The minimum Gasteiger partial charge on any atom is -0.450 e. The van der Waals surface area contributed by atoms with Gasteiger partial charge < -0.3 is 29.5 Å². The highest BCUT2D eigenvalue weighted by atomic mass is 16.6. The van der Waals surface area contributed by atoms with Gasteiger partial charge >= 0.3 is 12.2 Å². The minimum atomic E-state index is -0.547. The van der Waals surface area contributed by atoms with Crippen LogP contribution in [0, 0.1) is 0 Å². The van der Waals surface area contributed by atoms with E-state index < -0.39 is 12.2 Å². The average molecular weight is 292 g/mol. The van der Waals surface area contributed by atoms with Crippen LogP contribution in [0.2, 0.25) is 0 Å². The Morgan fingerprint density at radius 3 is 1.40 bits per heavy atom. The summed E-state index contributed by atoms with van der Waals surface area (Å²) in [7, 11) is 0. The molecule has 2 N–H and O–H groups in total. The van der Waals surface area contributed by atoms with Crippen molar-refractivity contribution in [3.05, 3.63) is 0 Å². The maximum Gasteiger partial charge on any atom is 0.409 e. The monoisotopic (exact) mass is 292 g/mol. The molecule has 0 fully saturated rings. The highest BCUT2D eigenvalue weighted by Gasteiger charge is 2.18. The molecule has 0 rings (SSSR count). The van der Waals surface area contributed by atoms with Gasteiger partial charge in [0.05, 0.1) is 26.4 Å². The van der Waals surface area contributed by atoms with Crippen LogP contribution in [0.15, 0.2) is 0 Å². The van der Waals surface area contributed by atoms with Gasteiger partial charge in [-0.05, 0) is 13.8 Å². The maximum absolute atomic E-state index is 11.6. The number of aliphatic hydroxyl groups excluding tert-OH is 2. The van der Waals surface area contributed by atoms with Crippen molar-refractivity contribution in [1.82, 2.24) is 9.80 Å². The number of ether oxygens (including phenoxy) is 2. The van der Waals surface area contributed by atoms with Gasteiger partial charge in [-0.3, -0.25) is 0 Å². The highest BCUT2D eigenvalue weighted by Crippen LogP contribution is 1.99. The average Bonchev–Trinajstić information content (AvgIpc) is 2.42. The first kappa shape index (κ1) is 18.5. The third-order valence-corrected chi connectivity index (χ3v) is 2.43. The van der Waals surface area contributed by atoms with Gasteiger partial charge in [0.25, 0.3) is 0 Å². The maximum atomic E-state index is 11.6. The summed E-state index contributed by atoms with van der Waals surface area (Å²) in [6, 6.07) is 0. The quantitative estimate of drug-likeness (QED) is 0.615. The molecule has 0 aromatic heterocycles. The van der Waals surface area contributed by atoms with Crippen LogP contribution in [0.3, 0.4) is 0 Å². The molecule has 8 heteroatoms. The van der Waals surface area contributed by atoms with Crippen molar-refractivity contribution in [3.8, 4) is 0 Å². The first-order valence-corrected chi connectivity index (χ1v) is 6.65. The summed E-state index contributed by atoms with van der Waals surface area (Å²) in [6.45, 7) is 4.07. The van der Waals surface area contributed by atoms with Gasteiger partial charge in [0.1, 0.15) is 0 Å². The van der Waals surface area contributed by atoms with Crippen molar-refractivity contribution in [2.45, 2.75) is 13.8 Å². The second-order valence-corrected chi connectivity index (χ2v) is 3.82. The Labute approximate surface area is 118 Å². The van der Waals surface area contributed by atoms with Gasteiger partial charge in [-0.15, -0.1) is 0 Å². The second kappa shape index (κ2) is 11.3. The van der Waals surface area contributed by atoms with Gasteiger partial charge in [-0.1, -0.05) is 0 Å². The third-order valence-electron chi connectivity index (χ3n) is 2.43. The highest BCUT2D eigenvalue weighted by molar-refractivity contribution is 5.69. The fraction of sp³-hybridized carbons (Fsp3) is 0.833. The molecule has 2 amide bonds. The summed E-state index contributed by atoms with van der Waals surface area (Å²) in [5.74, 6) is 0. The number of aliphatic hydroxyl groups is 2. The van der Waals surface area contributed by atoms with Gasteiger partial charge in [0, 0.05) is 26.2 Å². The molecule has 20 heavy (non-hydrogen) atoms. The van der Waals surface area contributed by atoms with Gasteiger partial charge in [0.2, 0.25) is 0 Å². The molecule has 0 saturated carbocycles. The zero-order chi connectivity index (χ0) is 15.4. The molecule has 0 aliphatic rings. The topological polar surface area (TPSA) is 99.5 Å². The molecule has 0 aliphatic carbocycles. The fourth-order valence-corrected chi connectivity index (χ4v) is 1.50. The zero-order valence-electron chi connectivity index (χ0n) is 12.1. The van der Waals surface area contributed by atoms with Crippen LogP contribution in [0.1, 0.15) is 13.8 Å². The van der Waals surface area contributed by atoms with Crippen molar-refractivity contribution in [3.63, 3.8) is 0 Å². The Kier molecular flexibility index (Phi) is 10.4. The molecule has 118 valence electrons. The Morgan fingerprint density at radius 1 is 0.800 bits per heavy atom. The van der Waals surface area contributed by atoms with E-state index in [0.29, 0.717) is 0 Å². The summed E-state index contributed by atoms with van der Waals surface area (Å²) in [5.41, 5.74) is 0. The lowest BCUT2D eigenvalue weighted by Gasteiger charge is -2.26. The molecule has 8 nitrogen and oxygen atoms in total. The summed E-state index contributed by atoms with van der Waals surface area (Å²) in [4.78, 5) is 25.8. The lowest BCUT2D eigenvalue weighted by atomic mass is 10.4. The Bertz CT molecular complexity index is 259. The molecule has 0 spiro atoms. The van der Waals surface area contributed by atoms with Crippen molar-refractivity contribution in [1.29, 1.82) is 0 Å². The van der Waals surface area contributed by atoms with Crippen LogP contribution < -0.4 is 0 Å². The Hall–Kier alpha value is -1.54. The predicted octanol–water partition coefficient (Wildman–Crippen LogP) is -0.112. The lowest BCUT2D eigenvalue weighted by Crippen LogP contribution is -2.43. The van der Waals surface area contributed by atoms with Crippen molar-refractivity contribution < 1.29 is 29.3 Å². The first-order chi connectivity index (χ1) is 9.60. The zero-order valence-corrected chi connectivity index (χ0v) is 12.1. The van der Waals surface area contributed by atoms with E-state index >= 15 is 0 Å². The lowest BCUT2D eigenvalue weighted by molar-refractivity contribution is 0.0785. The molecule has 0 heterocycles. The molecular weight excluding hydrogens is 268 g/mol. The first-order valence-electron chi connectivity index (χ1n) is 6.65. The summed E-state index contributed by atoms with van der Waals surface area (Å²) in [5, 5.41) is 17.8. The molecule has 0 saturated heterocycles. The van der Waals surface area contributed by atoms with E-state index in [0.717, 1.165) is 0 Å². The molecule has 0 aromatic rings. The molecule has 0 aliphatic heterocycles. The molecule has 0 aromatic carbocycles. The summed E-state index contributed by atoms with van der Waals surface area (Å²) in [6.07, 6.45) is -1.09. The van der Waals surface area contributed by atoms with E-state index in [1.807, 2.05) is 0 Å². The van der Waals surface area contributed by atoms with E-state index in [2.05, 4.69) is 0 Å².